The molecular weight excluding hydrogens is 414 g/mol. The first kappa shape index (κ1) is 17.3. The summed E-state index contributed by atoms with van der Waals surface area (Å²) in [4.78, 5) is 26.8. The number of ether oxygens (including phenoxy) is 2. The fraction of sp³-hybridized carbons (Fsp3) is 0.600. The summed E-state index contributed by atoms with van der Waals surface area (Å²) in [7, 11) is 1.54. The molecule has 4 atom stereocenters. The zero-order chi connectivity index (χ0) is 19.1. The maximum absolute atomic E-state index is 12.5. The van der Waals surface area contributed by atoms with E-state index in [9.17, 15) is 14.7 Å². The maximum Gasteiger partial charge on any atom is 0.410 e. The van der Waals surface area contributed by atoms with Gasteiger partial charge in [-0.05, 0) is 37.3 Å². The Morgan fingerprint density at radius 3 is 2.89 bits per heavy atom. The van der Waals surface area contributed by atoms with Gasteiger partial charge in [-0.2, -0.15) is 0 Å². The Hall–Kier alpha value is -1.76. The topological polar surface area (TPSA) is 76.1 Å². The molecule has 5 rings (SSSR count). The van der Waals surface area contributed by atoms with E-state index >= 15 is 0 Å². The van der Waals surface area contributed by atoms with E-state index in [2.05, 4.69) is 15.9 Å². The van der Waals surface area contributed by atoms with Gasteiger partial charge in [-0.1, -0.05) is 15.9 Å². The average Bonchev–Trinajstić information content (AvgIpc) is 3.02. The van der Waals surface area contributed by atoms with Crippen LogP contribution in [0.2, 0.25) is 0 Å². The first-order valence-corrected chi connectivity index (χ1v) is 10.2. The minimum Gasteiger partial charge on any atom is -0.504 e. The molecule has 2 saturated carbocycles. The number of amides is 1. The lowest BCUT2D eigenvalue weighted by Crippen LogP contribution is -2.69. The number of benzene rings is 1. The number of fused-ring (bicyclic) bond motifs is 2. The average molecular weight is 436 g/mol. The molecule has 27 heavy (non-hydrogen) atoms. The highest BCUT2D eigenvalue weighted by molar-refractivity contribution is 9.10. The van der Waals surface area contributed by atoms with E-state index in [1.54, 1.807) is 6.07 Å². The number of likely N-dealkylation sites (tertiary alicyclic amines) is 1. The number of hydrogen-bond acceptors (Lipinski definition) is 5. The Morgan fingerprint density at radius 2 is 2.19 bits per heavy atom. The molecule has 3 unspecified atom stereocenters. The normalized spacial score (nSPS) is 35.2. The summed E-state index contributed by atoms with van der Waals surface area (Å²) >= 11 is 3.68. The highest BCUT2D eigenvalue weighted by atomic mass is 79.9. The van der Waals surface area contributed by atoms with Gasteiger partial charge in [-0.3, -0.25) is 4.79 Å². The minimum absolute atomic E-state index is 0.0289. The molecule has 1 heterocycles. The van der Waals surface area contributed by atoms with Crippen molar-refractivity contribution in [1.82, 2.24) is 4.90 Å². The van der Waals surface area contributed by atoms with Crippen LogP contribution in [0.5, 0.6) is 11.5 Å². The highest BCUT2D eigenvalue weighted by Gasteiger charge is 2.77. The molecule has 1 aliphatic heterocycles. The van der Waals surface area contributed by atoms with Crippen LogP contribution in [-0.4, -0.2) is 48.2 Å². The van der Waals surface area contributed by atoms with Gasteiger partial charge in [0.25, 0.3) is 0 Å². The van der Waals surface area contributed by atoms with Gasteiger partial charge in [0, 0.05) is 40.3 Å². The molecule has 1 aromatic carbocycles. The number of aromatic hydroxyl groups is 1. The van der Waals surface area contributed by atoms with Crippen molar-refractivity contribution in [2.45, 2.75) is 49.5 Å². The van der Waals surface area contributed by atoms with Gasteiger partial charge in [-0.25, -0.2) is 4.79 Å². The molecule has 7 heteroatoms. The summed E-state index contributed by atoms with van der Waals surface area (Å²) in [6.07, 6.45) is 2.23. The number of Topliss-reactive ketones (excluding diaryl/α,β-unsaturated/α-hetero) is 1. The second-order valence-electron chi connectivity index (χ2n) is 8.28. The van der Waals surface area contributed by atoms with Gasteiger partial charge in [0.05, 0.1) is 19.8 Å². The van der Waals surface area contributed by atoms with Crippen molar-refractivity contribution in [2.24, 2.45) is 5.92 Å². The zero-order valence-corrected chi connectivity index (χ0v) is 17.0. The Balaban J connectivity index is 1.71. The molecule has 3 aliphatic carbocycles. The lowest BCUT2D eigenvalue weighted by molar-refractivity contribution is -0.123. The van der Waals surface area contributed by atoms with E-state index in [1.165, 1.54) is 7.11 Å². The van der Waals surface area contributed by atoms with Gasteiger partial charge in [-0.15, -0.1) is 0 Å². The minimum atomic E-state index is -0.419. The maximum atomic E-state index is 12.5. The fourth-order valence-electron chi connectivity index (χ4n) is 6.63. The van der Waals surface area contributed by atoms with Crippen molar-refractivity contribution in [3.8, 4) is 11.5 Å². The number of nitrogens with zero attached hydrogens (tertiary/aromatic N) is 1. The van der Waals surface area contributed by atoms with Crippen molar-refractivity contribution in [3.63, 3.8) is 0 Å². The van der Waals surface area contributed by atoms with E-state index in [-0.39, 0.29) is 35.0 Å². The van der Waals surface area contributed by atoms with Crippen LogP contribution in [0, 0.1) is 5.92 Å². The van der Waals surface area contributed by atoms with Crippen molar-refractivity contribution in [1.29, 1.82) is 0 Å². The second kappa shape index (κ2) is 5.40. The molecular formula is C20H22BrNO5. The summed E-state index contributed by atoms with van der Waals surface area (Å²) < 4.78 is 11.5. The Bertz CT molecular complexity index is 886. The molecule has 1 saturated heterocycles. The molecule has 6 nitrogen and oxygen atoms in total. The van der Waals surface area contributed by atoms with Gasteiger partial charge in [0.15, 0.2) is 11.5 Å². The van der Waals surface area contributed by atoms with Crippen LogP contribution < -0.4 is 4.74 Å². The quantitative estimate of drug-likeness (QED) is 0.771. The summed E-state index contributed by atoms with van der Waals surface area (Å²) in [6.45, 7) is 2.73. The number of rotatable bonds is 2. The van der Waals surface area contributed by atoms with Gasteiger partial charge in [0.2, 0.25) is 0 Å². The molecule has 2 spiro atoms. The molecule has 0 aromatic heterocycles. The number of halogens is 1. The zero-order valence-electron chi connectivity index (χ0n) is 15.4. The monoisotopic (exact) mass is 435 g/mol. The fourth-order valence-corrected chi connectivity index (χ4v) is 7.43. The van der Waals surface area contributed by atoms with E-state index in [4.69, 9.17) is 9.47 Å². The third-order valence-electron chi connectivity index (χ3n) is 7.26. The van der Waals surface area contributed by atoms with E-state index in [0.717, 1.165) is 28.4 Å². The Morgan fingerprint density at radius 1 is 1.41 bits per heavy atom. The molecule has 1 N–H and O–H groups in total. The Labute approximate surface area is 165 Å². The van der Waals surface area contributed by atoms with E-state index in [0.29, 0.717) is 31.7 Å². The number of hydrogen-bond donors (Lipinski definition) is 1. The number of carbonyl (C=O) groups excluding carboxylic acids is 2. The molecule has 1 aromatic rings. The summed E-state index contributed by atoms with van der Waals surface area (Å²) in [5.74, 6) is 0.969. The van der Waals surface area contributed by atoms with Crippen LogP contribution >= 0.6 is 15.9 Å². The third-order valence-corrected chi connectivity index (χ3v) is 7.88. The SMILES string of the molecule is CCOC(=O)N1CC23C[C@]4(CC(=O)CCC4C12)c1c(O)c(OC)cc(Br)c13. The number of phenolic OH excluding ortho intramolecular Hbond substituents is 1. The summed E-state index contributed by atoms with van der Waals surface area (Å²) in [5, 5.41) is 11.0. The number of phenols is 1. The van der Waals surface area contributed by atoms with Gasteiger partial charge < -0.3 is 19.5 Å². The first-order chi connectivity index (χ1) is 12.9. The lowest BCUT2D eigenvalue weighted by Gasteiger charge is -2.58. The van der Waals surface area contributed by atoms with Crippen molar-refractivity contribution >= 4 is 27.8 Å². The summed E-state index contributed by atoms with van der Waals surface area (Å²) in [6, 6.07) is 1.82. The molecule has 0 radical (unpaired) electrons. The molecule has 144 valence electrons. The van der Waals surface area contributed by atoms with Crippen LogP contribution in [0.3, 0.4) is 0 Å². The Kier molecular flexibility index (Phi) is 3.47. The number of ketones is 1. The van der Waals surface area contributed by atoms with Crippen molar-refractivity contribution in [3.05, 3.63) is 21.7 Å². The van der Waals surface area contributed by atoms with Crippen LogP contribution in [0.25, 0.3) is 0 Å². The largest absolute Gasteiger partial charge is 0.504 e. The van der Waals surface area contributed by atoms with Crippen molar-refractivity contribution in [2.75, 3.05) is 20.3 Å². The lowest BCUT2D eigenvalue weighted by atomic mass is 9.58. The van der Waals surface area contributed by atoms with E-state index < -0.39 is 5.41 Å². The third kappa shape index (κ3) is 1.86. The molecule has 3 fully saturated rings. The van der Waals surface area contributed by atoms with Crippen molar-refractivity contribution < 1.29 is 24.2 Å². The predicted molar refractivity (Wildman–Crippen MR) is 100 cm³/mol. The predicted octanol–water partition coefficient (Wildman–Crippen LogP) is 3.27. The second-order valence-corrected chi connectivity index (χ2v) is 9.13. The van der Waals surface area contributed by atoms with Crippen LogP contribution in [0.1, 0.15) is 43.7 Å². The number of carbonyl (C=O) groups is 2. The van der Waals surface area contributed by atoms with Crippen LogP contribution in [-0.2, 0) is 20.4 Å². The van der Waals surface area contributed by atoms with Gasteiger partial charge >= 0.3 is 6.09 Å². The molecule has 2 bridgehead atoms. The molecule has 1 amide bonds. The summed E-state index contributed by atoms with van der Waals surface area (Å²) in [5.41, 5.74) is 1.28. The smallest absolute Gasteiger partial charge is 0.410 e. The van der Waals surface area contributed by atoms with Gasteiger partial charge in [0.1, 0.15) is 5.78 Å². The van der Waals surface area contributed by atoms with Crippen LogP contribution in [0.15, 0.2) is 10.5 Å². The van der Waals surface area contributed by atoms with E-state index in [1.807, 2.05) is 11.8 Å². The first-order valence-electron chi connectivity index (χ1n) is 9.45. The standard InChI is InChI=1S/C20H22BrNO5/c1-3-27-18(25)22-9-20-8-19(7-10(23)4-5-11(19)17(20)22)15-14(20)12(21)6-13(26-2)16(15)24/h6,11,17,24H,3-5,7-9H2,1-2H3/t11?,17?,19-,20?/m0/s1. The highest BCUT2D eigenvalue weighted by Crippen LogP contribution is 2.74. The molecule has 4 aliphatic rings. The number of methoxy groups -OCH3 is 1. The van der Waals surface area contributed by atoms with Crippen LogP contribution in [0.4, 0.5) is 4.79 Å².